The Kier molecular flexibility index (Phi) is 8.08. The second-order valence-electron chi connectivity index (χ2n) is 7.93. The summed E-state index contributed by atoms with van der Waals surface area (Å²) in [5, 5.41) is 18.3. The number of hydrogen-bond acceptors (Lipinski definition) is 3. The summed E-state index contributed by atoms with van der Waals surface area (Å²) in [5.74, 6) is 0.180. The standard InChI is InChI=1S/C26H29FO2S/c1-18(2)21-9-11-23(12-10-21)30-24-13-14-25(26(27)15-24)22-7-5-19(6-8-22)3-4-20(16-28)17-29/h5-15,18,20,28-29H,3-4,16-17H2,1-2H3. The Bertz CT molecular complexity index is 932. The highest BCUT2D eigenvalue weighted by atomic mass is 32.2. The van der Waals surface area contributed by atoms with Gasteiger partial charge in [0.2, 0.25) is 0 Å². The minimum Gasteiger partial charge on any atom is -0.396 e. The van der Waals surface area contributed by atoms with Crippen molar-refractivity contribution in [3.05, 3.63) is 83.7 Å². The van der Waals surface area contributed by atoms with Crippen LogP contribution in [-0.4, -0.2) is 23.4 Å². The zero-order valence-corrected chi connectivity index (χ0v) is 18.3. The monoisotopic (exact) mass is 424 g/mol. The van der Waals surface area contributed by atoms with Gasteiger partial charge >= 0.3 is 0 Å². The molecular weight excluding hydrogens is 395 g/mol. The van der Waals surface area contributed by atoms with Gasteiger partial charge in [0.25, 0.3) is 0 Å². The van der Waals surface area contributed by atoms with Gasteiger partial charge in [0.1, 0.15) is 5.82 Å². The normalized spacial score (nSPS) is 11.4. The van der Waals surface area contributed by atoms with Crippen LogP contribution in [0.4, 0.5) is 4.39 Å². The van der Waals surface area contributed by atoms with E-state index in [0.29, 0.717) is 11.5 Å². The van der Waals surface area contributed by atoms with Gasteiger partial charge < -0.3 is 10.2 Å². The van der Waals surface area contributed by atoms with E-state index in [9.17, 15) is 14.6 Å². The molecule has 0 radical (unpaired) electrons. The lowest BCUT2D eigenvalue weighted by molar-refractivity contribution is 0.144. The fourth-order valence-electron chi connectivity index (χ4n) is 3.31. The van der Waals surface area contributed by atoms with Crippen LogP contribution in [-0.2, 0) is 6.42 Å². The zero-order valence-electron chi connectivity index (χ0n) is 17.5. The second kappa shape index (κ2) is 10.8. The van der Waals surface area contributed by atoms with E-state index >= 15 is 0 Å². The highest BCUT2D eigenvalue weighted by molar-refractivity contribution is 7.99. The van der Waals surface area contributed by atoms with Gasteiger partial charge in [0.15, 0.2) is 0 Å². The van der Waals surface area contributed by atoms with Gasteiger partial charge in [-0.2, -0.15) is 0 Å². The third-order valence-corrected chi connectivity index (χ3v) is 6.34. The SMILES string of the molecule is CC(C)c1ccc(Sc2ccc(-c3ccc(CCC(CO)CO)cc3)c(F)c2)cc1. The summed E-state index contributed by atoms with van der Waals surface area (Å²) in [4.78, 5) is 1.98. The minimum absolute atomic E-state index is 0.00791. The van der Waals surface area contributed by atoms with Crippen molar-refractivity contribution in [1.82, 2.24) is 0 Å². The molecule has 0 aliphatic carbocycles. The molecule has 158 valence electrons. The average molecular weight is 425 g/mol. The van der Waals surface area contributed by atoms with E-state index in [0.717, 1.165) is 33.8 Å². The highest BCUT2D eigenvalue weighted by Crippen LogP contribution is 2.32. The van der Waals surface area contributed by atoms with Crippen LogP contribution >= 0.6 is 11.8 Å². The maximum Gasteiger partial charge on any atom is 0.132 e. The smallest absolute Gasteiger partial charge is 0.132 e. The van der Waals surface area contributed by atoms with Gasteiger partial charge in [-0.05, 0) is 59.7 Å². The fraction of sp³-hybridized carbons (Fsp3) is 0.308. The number of aryl methyl sites for hydroxylation is 1. The fourth-order valence-corrected chi connectivity index (χ4v) is 4.16. The van der Waals surface area contributed by atoms with Crippen LogP contribution in [0.1, 0.15) is 37.3 Å². The first kappa shape index (κ1) is 22.5. The summed E-state index contributed by atoms with van der Waals surface area (Å²) in [6.45, 7) is 4.32. The lowest BCUT2D eigenvalue weighted by atomic mass is 9.98. The molecule has 0 atom stereocenters. The molecule has 3 aromatic carbocycles. The van der Waals surface area contributed by atoms with Crippen molar-refractivity contribution in [3.63, 3.8) is 0 Å². The molecule has 0 spiro atoms. The zero-order chi connectivity index (χ0) is 21.5. The molecule has 2 N–H and O–H groups in total. The Morgan fingerprint density at radius 3 is 2.03 bits per heavy atom. The van der Waals surface area contributed by atoms with Crippen LogP contribution in [0.15, 0.2) is 76.5 Å². The summed E-state index contributed by atoms with van der Waals surface area (Å²) >= 11 is 1.56. The van der Waals surface area contributed by atoms with Gasteiger partial charge in [-0.3, -0.25) is 0 Å². The molecule has 0 fully saturated rings. The van der Waals surface area contributed by atoms with E-state index < -0.39 is 0 Å². The molecule has 30 heavy (non-hydrogen) atoms. The van der Waals surface area contributed by atoms with E-state index in [4.69, 9.17) is 0 Å². The van der Waals surface area contributed by atoms with E-state index in [2.05, 4.69) is 38.1 Å². The van der Waals surface area contributed by atoms with Gasteiger partial charge in [-0.15, -0.1) is 0 Å². The molecule has 0 saturated carbocycles. The van der Waals surface area contributed by atoms with Gasteiger partial charge in [-0.1, -0.05) is 68.1 Å². The molecule has 3 aromatic rings. The molecule has 0 saturated heterocycles. The molecule has 4 heteroatoms. The first-order valence-electron chi connectivity index (χ1n) is 10.4. The quantitative estimate of drug-likeness (QED) is 0.423. The van der Waals surface area contributed by atoms with E-state index in [1.807, 2.05) is 36.4 Å². The van der Waals surface area contributed by atoms with Crippen molar-refractivity contribution in [1.29, 1.82) is 0 Å². The van der Waals surface area contributed by atoms with Crippen LogP contribution in [0.3, 0.4) is 0 Å². The van der Waals surface area contributed by atoms with Crippen LogP contribution in [0.5, 0.6) is 0 Å². The average Bonchev–Trinajstić information content (AvgIpc) is 2.75. The Balaban J connectivity index is 1.67. The van der Waals surface area contributed by atoms with Gasteiger partial charge in [0.05, 0.1) is 0 Å². The van der Waals surface area contributed by atoms with Crippen molar-refractivity contribution in [2.24, 2.45) is 5.92 Å². The first-order valence-corrected chi connectivity index (χ1v) is 11.2. The van der Waals surface area contributed by atoms with Crippen molar-refractivity contribution < 1.29 is 14.6 Å². The number of hydrogen-bond donors (Lipinski definition) is 2. The molecule has 0 aliphatic heterocycles. The van der Waals surface area contributed by atoms with Crippen molar-refractivity contribution in [2.45, 2.75) is 42.4 Å². The van der Waals surface area contributed by atoms with Gasteiger partial charge in [-0.25, -0.2) is 4.39 Å². The summed E-state index contributed by atoms with van der Waals surface area (Å²) in [6, 6.07) is 21.6. The van der Waals surface area contributed by atoms with Gasteiger partial charge in [0, 0.05) is 34.5 Å². The predicted octanol–water partition coefficient (Wildman–Crippen LogP) is 6.30. The molecular formula is C26H29FO2S. The summed E-state index contributed by atoms with van der Waals surface area (Å²) < 4.78 is 14.8. The summed E-state index contributed by atoms with van der Waals surface area (Å²) in [7, 11) is 0. The van der Waals surface area contributed by atoms with Crippen molar-refractivity contribution >= 4 is 11.8 Å². The maximum atomic E-state index is 14.8. The molecule has 0 amide bonds. The number of halogens is 1. The molecule has 0 bridgehead atoms. The van der Waals surface area contributed by atoms with Crippen LogP contribution in [0.2, 0.25) is 0 Å². The van der Waals surface area contributed by atoms with E-state index in [-0.39, 0.29) is 24.9 Å². The van der Waals surface area contributed by atoms with Crippen molar-refractivity contribution in [2.75, 3.05) is 13.2 Å². The summed E-state index contributed by atoms with van der Waals surface area (Å²) in [5.41, 5.74) is 3.84. The molecule has 0 aromatic heterocycles. The largest absolute Gasteiger partial charge is 0.396 e. The molecule has 2 nitrogen and oxygen atoms in total. The van der Waals surface area contributed by atoms with Crippen LogP contribution < -0.4 is 0 Å². The number of aliphatic hydroxyl groups is 2. The Labute approximate surface area is 182 Å². The Morgan fingerprint density at radius 1 is 0.833 bits per heavy atom. The highest BCUT2D eigenvalue weighted by Gasteiger charge is 2.09. The molecule has 0 aliphatic rings. The summed E-state index contributed by atoms with van der Waals surface area (Å²) in [6.07, 6.45) is 1.50. The lowest BCUT2D eigenvalue weighted by Gasteiger charge is -2.11. The third-order valence-electron chi connectivity index (χ3n) is 5.35. The first-order chi connectivity index (χ1) is 14.5. The second-order valence-corrected chi connectivity index (χ2v) is 9.08. The minimum atomic E-state index is -0.229. The third kappa shape index (κ3) is 5.94. The molecule has 0 unspecified atom stereocenters. The number of rotatable bonds is 9. The lowest BCUT2D eigenvalue weighted by Crippen LogP contribution is -2.11. The number of aliphatic hydroxyl groups excluding tert-OH is 2. The van der Waals surface area contributed by atoms with E-state index in [1.165, 1.54) is 5.56 Å². The Morgan fingerprint density at radius 2 is 1.47 bits per heavy atom. The molecule has 0 heterocycles. The Hall–Kier alpha value is -2.14. The maximum absolute atomic E-state index is 14.8. The van der Waals surface area contributed by atoms with Crippen LogP contribution in [0.25, 0.3) is 11.1 Å². The van der Waals surface area contributed by atoms with E-state index in [1.54, 1.807) is 17.8 Å². The van der Waals surface area contributed by atoms with Crippen LogP contribution in [0, 0.1) is 11.7 Å². The number of benzene rings is 3. The van der Waals surface area contributed by atoms with Crippen molar-refractivity contribution in [3.8, 4) is 11.1 Å². The molecule has 3 rings (SSSR count). The predicted molar refractivity (Wildman–Crippen MR) is 122 cm³/mol. The topological polar surface area (TPSA) is 40.5 Å².